The van der Waals surface area contributed by atoms with E-state index < -0.39 is 6.10 Å². The molecule has 2 atom stereocenters. The van der Waals surface area contributed by atoms with E-state index in [0.717, 1.165) is 25.0 Å². The third kappa shape index (κ3) is 1.60. The van der Waals surface area contributed by atoms with Gasteiger partial charge in [-0.25, -0.2) is 0 Å². The van der Waals surface area contributed by atoms with Crippen LogP contribution in [-0.4, -0.2) is 17.3 Å². The molecule has 0 aromatic carbocycles. The Balaban J connectivity index is 2.23. The molecule has 1 aliphatic rings. The Hall–Kier alpha value is -0.380. The highest BCUT2D eigenvalue weighted by Gasteiger charge is 2.38. The van der Waals surface area contributed by atoms with Crippen LogP contribution < -0.4 is 0 Å². The predicted octanol–water partition coefficient (Wildman–Crippen LogP) is 2.66. The number of hydrogen-bond acceptors (Lipinski definition) is 3. The quantitative estimate of drug-likeness (QED) is 0.816. The molecule has 0 amide bonds. The van der Waals surface area contributed by atoms with Crippen LogP contribution in [0, 0.1) is 6.92 Å². The van der Waals surface area contributed by atoms with Crippen LogP contribution in [0.2, 0.25) is 0 Å². The lowest BCUT2D eigenvalue weighted by atomic mass is 9.91. The van der Waals surface area contributed by atoms with E-state index in [1.54, 1.807) is 11.3 Å². The summed E-state index contributed by atoms with van der Waals surface area (Å²) < 4.78 is 5.64. The highest BCUT2D eigenvalue weighted by molar-refractivity contribution is 7.10. The molecule has 1 fully saturated rings. The predicted molar refractivity (Wildman–Crippen MR) is 57.6 cm³/mol. The van der Waals surface area contributed by atoms with E-state index in [1.807, 2.05) is 25.3 Å². The molecule has 1 N–H and O–H groups in total. The van der Waals surface area contributed by atoms with Crippen LogP contribution in [0.1, 0.15) is 36.3 Å². The minimum Gasteiger partial charge on any atom is -0.385 e. The largest absolute Gasteiger partial charge is 0.385 e. The molecule has 78 valence electrons. The molecular weight excluding hydrogens is 196 g/mol. The number of aliphatic hydroxyl groups excluding tert-OH is 1. The van der Waals surface area contributed by atoms with E-state index >= 15 is 0 Å². The van der Waals surface area contributed by atoms with Gasteiger partial charge in [0, 0.05) is 11.5 Å². The van der Waals surface area contributed by atoms with Crippen LogP contribution in [0.4, 0.5) is 0 Å². The zero-order chi connectivity index (χ0) is 10.2. The van der Waals surface area contributed by atoms with E-state index in [-0.39, 0.29) is 5.60 Å². The SMILES string of the molecule is Cc1sccc1C(O)C1(C)CCCO1. The molecule has 0 saturated carbocycles. The summed E-state index contributed by atoms with van der Waals surface area (Å²) in [6.07, 6.45) is 1.52. The van der Waals surface area contributed by atoms with Crippen molar-refractivity contribution in [1.82, 2.24) is 0 Å². The molecule has 1 saturated heterocycles. The molecule has 1 aromatic rings. The van der Waals surface area contributed by atoms with Gasteiger partial charge in [-0.1, -0.05) is 0 Å². The molecular formula is C11H16O2S. The Kier molecular flexibility index (Phi) is 2.64. The topological polar surface area (TPSA) is 29.5 Å². The second kappa shape index (κ2) is 3.65. The fourth-order valence-electron chi connectivity index (χ4n) is 2.02. The molecule has 0 bridgehead atoms. The van der Waals surface area contributed by atoms with Crippen molar-refractivity contribution < 1.29 is 9.84 Å². The van der Waals surface area contributed by atoms with Crippen molar-refractivity contribution in [2.75, 3.05) is 6.61 Å². The highest BCUT2D eigenvalue weighted by atomic mass is 32.1. The standard InChI is InChI=1S/C11H16O2S/c1-8-9(4-7-14-8)10(12)11(2)5-3-6-13-11/h4,7,10,12H,3,5-6H2,1-2H3. The zero-order valence-corrected chi connectivity index (χ0v) is 9.43. The van der Waals surface area contributed by atoms with Crippen molar-refractivity contribution in [2.24, 2.45) is 0 Å². The maximum absolute atomic E-state index is 10.2. The molecule has 2 heterocycles. The molecule has 1 aliphatic heterocycles. The number of hydrogen-bond donors (Lipinski definition) is 1. The summed E-state index contributed by atoms with van der Waals surface area (Å²) in [5, 5.41) is 12.3. The van der Waals surface area contributed by atoms with E-state index in [2.05, 4.69) is 0 Å². The lowest BCUT2D eigenvalue weighted by molar-refractivity contribution is -0.0796. The first-order valence-electron chi connectivity index (χ1n) is 4.99. The van der Waals surface area contributed by atoms with Crippen LogP contribution in [0.25, 0.3) is 0 Å². The molecule has 2 unspecified atom stereocenters. The van der Waals surface area contributed by atoms with Crippen molar-refractivity contribution in [2.45, 2.75) is 38.4 Å². The second-order valence-corrected chi connectivity index (χ2v) is 5.22. The lowest BCUT2D eigenvalue weighted by Gasteiger charge is -2.29. The van der Waals surface area contributed by atoms with Crippen LogP contribution in [0.5, 0.6) is 0 Å². The number of rotatable bonds is 2. The second-order valence-electron chi connectivity index (χ2n) is 4.10. The minimum absolute atomic E-state index is 0.369. The van der Waals surface area contributed by atoms with Crippen LogP contribution >= 0.6 is 11.3 Å². The van der Waals surface area contributed by atoms with Gasteiger partial charge in [-0.3, -0.25) is 0 Å². The van der Waals surface area contributed by atoms with Gasteiger partial charge in [0.2, 0.25) is 0 Å². The summed E-state index contributed by atoms with van der Waals surface area (Å²) in [5.74, 6) is 0. The van der Waals surface area contributed by atoms with Gasteiger partial charge in [0.15, 0.2) is 0 Å². The van der Waals surface area contributed by atoms with E-state index in [9.17, 15) is 5.11 Å². The van der Waals surface area contributed by atoms with Gasteiger partial charge in [0.1, 0.15) is 6.10 Å². The van der Waals surface area contributed by atoms with Gasteiger partial charge in [0.05, 0.1) is 5.60 Å². The lowest BCUT2D eigenvalue weighted by Crippen LogP contribution is -2.31. The Morgan fingerprint density at radius 3 is 2.93 bits per heavy atom. The first-order chi connectivity index (χ1) is 6.63. The molecule has 3 heteroatoms. The van der Waals surface area contributed by atoms with Crippen molar-refractivity contribution >= 4 is 11.3 Å². The highest BCUT2D eigenvalue weighted by Crippen LogP contribution is 2.39. The molecule has 0 radical (unpaired) electrons. The number of ether oxygens (including phenoxy) is 1. The maximum atomic E-state index is 10.2. The minimum atomic E-state index is -0.476. The number of aryl methyl sites for hydroxylation is 1. The zero-order valence-electron chi connectivity index (χ0n) is 8.62. The van der Waals surface area contributed by atoms with Gasteiger partial charge in [-0.05, 0) is 43.7 Å². The third-order valence-corrected chi connectivity index (χ3v) is 3.88. The van der Waals surface area contributed by atoms with Crippen LogP contribution in [0.3, 0.4) is 0 Å². The fourth-order valence-corrected chi connectivity index (χ4v) is 2.76. The molecule has 1 aromatic heterocycles. The first kappa shape index (κ1) is 10.1. The molecule has 2 nitrogen and oxygen atoms in total. The number of thiophene rings is 1. The van der Waals surface area contributed by atoms with Gasteiger partial charge >= 0.3 is 0 Å². The van der Waals surface area contributed by atoms with Gasteiger partial charge in [-0.15, -0.1) is 11.3 Å². The smallest absolute Gasteiger partial charge is 0.109 e. The molecule has 14 heavy (non-hydrogen) atoms. The van der Waals surface area contributed by atoms with Crippen LogP contribution in [-0.2, 0) is 4.74 Å². The van der Waals surface area contributed by atoms with Gasteiger partial charge in [-0.2, -0.15) is 0 Å². The molecule has 0 aliphatic carbocycles. The Morgan fingerprint density at radius 1 is 1.64 bits per heavy atom. The maximum Gasteiger partial charge on any atom is 0.109 e. The van der Waals surface area contributed by atoms with Crippen molar-refractivity contribution in [1.29, 1.82) is 0 Å². The fraction of sp³-hybridized carbons (Fsp3) is 0.636. The Morgan fingerprint density at radius 2 is 2.43 bits per heavy atom. The molecule has 2 rings (SSSR count). The summed E-state index contributed by atoms with van der Waals surface area (Å²) >= 11 is 1.67. The average molecular weight is 212 g/mol. The van der Waals surface area contributed by atoms with Gasteiger partial charge < -0.3 is 9.84 Å². The number of aliphatic hydroxyl groups is 1. The Bertz CT molecular complexity index is 313. The monoisotopic (exact) mass is 212 g/mol. The summed E-state index contributed by atoms with van der Waals surface area (Å²) in [6, 6.07) is 2.00. The van der Waals surface area contributed by atoms with Crippen LogP contribution in [0.15, 0.2) is 11.4 Å². The van der Waals surface area contributed by atoms with Gasteiger partial charge in [0.25, 0.3) is 0 Å². The summed E-state index contributed by atoms with van der Waals surface area (Å²) in [4.78, 5) is 1.19. The van der Waals surface area contributed by atoms with Crippen molar-refractivity contribution in [3.8, 4) is 0 Å². The Labute approximate surface area is 88.5 Å². The normalized spacial score (nSPS) is 29.4. The van der Waals surface area contributed by atoms with E-state index in [0.29, 0.717) is 0 Å². The molecule has 0 spiro atoms. The first-order valence-corrected chi connectivity index (χ1v) is 5.87. The average Bonchev–Trinajstić information content (AvgIpc) is 2.74. The van der Waals surface area contributed by atoms with Crippen molar-refractivity contribution in [3.63, 3.8) is 0 Å². The van der Waals surface area contributed by atoms with E-state index in [1.165, 1.54) is 4.88 Å². The van der Waals surface area contributed by atoms with E-state index in [4.69, 9.17) is 4.74 Å². The van der Waals surface area contributed by atoms with Crippen molar-refractivity contribution in [3.05, 3.63) is 21.9 Å². The summed E-state index contributed by atoms with van der Waals surface area (Å²) in [5.41, 5.74) is 0.658. The summed E-state index contributed by atoms with van der Waals surface area (Å²) in [7, 11) is 0. The third-order valence-electron chi connectivity index (χ3n) is 3.02. The summed E-state index contributed by atoms with van der Waals surface area (Å²) in [6.45, 7) is 4.82.